The second kappa shape index (κ2) is 17.9. The maximum Gasteiger partial charge on any atom is 0.410 e. The molecule has 1 amide bonds. The SMILES string of the molecule is CC[C@H]1OC(=O)[C@@](C)(F)C(=O)[C@H](C)[C@@H](O[C@]2(C)O[C@H](C)C[C@H](N(C)CC3CC3)[C@H]2O)[C@](C)(OC)C[C@@H](C)C(=O)[C@H](C)[C@H]2N(CCCCn3cnc4ncccc43)C(=O)O[C@]12C. The molecule has 0 unspecified atom stereocenters. The molecule has 0 bridgehead atoms. The number of aliphatic hydroxyl groups is 1. The molecule has 0 spiro atoms. The molecular formula is C45H68FN5O10. The van der Waals surface area contributed by atoms with Gasteiger partial charge in [0.1, 0.15) is 18.0 Å². The van der Waals surface area contributed by atoms with Gasteiger partial charge in [-0.25, -0.2) is 23.9 Å². The number of carbonyl (C=O) groups is 4. The minimum Gasteiger partial charge on any atom is -0.455 e. The van der Waals surface area contributed by atoms with E-state index in [1.54, 1.807) is 54.1 Å². The fourth-order valence-electron chi connectivity index (χ4n) is 10.5. The number of amides is 1. The molecule has 5 heterocycles. The molecule has 4 fully saturated rings. The summed E-state index contributed by atoms with van der Waals surface area (Å²) in [5, 5.41) is 12.0. The van der Waals surface area contributed by atoms with Crippen molar-refractivity contribution in [3.8, 4) is 0 Å². The summed E-state index contributed by atoms with van der Waals surface area (Å²) in [5.41, 5.74) is -4.72. The lowest BCUT2D eigenvalue weighted by molar-refractivity contribution is -0.354. The summed E-state index contributed by atoms with van der Waals surface area (Å²) in [6.45, 7) is 15.9. The monoisotopic (exact) mass is 857 g/mol. The summed E-state index contributed by atoms with van der Waals surface area (Å²) in [6, 6.07) is 2.51. The average Bonchev–Trinajstić information content (AvgIpc) is 3.88. The Kier molecular flexibility index (Phi) is 13.8. The summed E-state index contributed by atoms with van der Waals surface area (Å²) < 4.78 is 50.4. The number of aliphatic hydroxyl groups excluding tert-OH is 1. The molecule has 61 heavy (non-hydrogen) atoms. The fourth-order valence-corrected chi connectivity index (χ4v) is 10.5. The van der Waals surface area contributed by atoms with Crippen LogP contribution in [-0.2, 0) is 44.6 Å². The molecule has 0 aromatic carbocycles. The van der Waals surface area contributed by atoms with Crippen LogP contribution < -0.4 is 0 Å². The van der Waals surface area contributed by atoms with Crippen molar-refractivity contribution in [2.24, 2.45) is 23.7 Å². The van der Waals surface area contributed by atoms with Gasteiger partial charge in [0.15, 0.2) is 22.8 Å². The number of carbonyl (C=O) groups excluding carboxylic acids is 4. The van der Waals surface area contributed by atoms with Crippen molar-refractivity contribution in [3.63, 3.8) is 0 Å². The summed E-state index contributed by atoms with van der Waals surface area (Å²) >= 11 is 0. The molecule has 3 saturated heterocycles. The number of cyclic esters (lactones) is 1. The Hall–Kier alpha value is -3.57. The number of likely N-dealkylation sites (N-methyl/N-ethyl adjacent to an activating group) is 1. The number of aryl methyl sites for hydroxylation is 1. The van der Waals surface area contributed by atoms with E-state index in [0.29, 0.717) is 37.4 Å². The zero-order valence-electron chi connectivity index (χ0n) is 37.9. The molecule has 16 heteroatoms. The van der Waals surface area contributed by atoms with Gasteiger partial charge in [-0.15, -0.1) is 0 Å². The summed E-state index contributed by atoms with van der Waals surface area (Å²) in [5.74, 6) is -6.93. The number of hydrogen-bond donors (Lipinski definition) is 1. The van der Waals surface area contributed by atoms with E-state index in [1.165, 1.54) is 18.9 Å². The predicted octanol–water partition coefficient (Wildman–Crippen LogP) is 5.68. The molecule has 0 radical (unpaired) electrons. The third-order valence-electron chi connectivity index (χ3n) is 14.1. The highest BCUT2D eigenvalue weighted by atomic mass is 19.1. The van der Waals surface area contributed by atoms with Crippen molar-refractivity contribution in [2.75, 3.05) is 27.2 Å². The van der Waals surface area contributed by atoms with Crippen molar-refractivity contribution in [1.29, 1.82) is 0 Å². The second-order valence-electron chi connectivity index (χ2n) is 19.1. The zero-order chi connectivity index (χ0) is 44.8. The first kappa shape index (κ1) is 46.9. The van der Waals surface area contributed by atoms with Gasteiger partial charge in [0.25, 0.3) is 5.67 Å². The Morgan fingerprint density at radius 1 is 1.02 bits per heavy atom. The van der Waals surface area contributed by atoms with Crippen LogP contribution in [0.25, 0.3) is 11.2 Å². The molecule has 13 atom stereocenters. The van der Waals surface area contributed by atoms with Gasteiger partial charge in [-0.05, 0) is 105 Å². The molecular weight excluding hydrogens is 790 g/mol. The minimum atomic E-state index is -3.19. The molecule has 6 rings (SSSR count). The number of Topliss-reactive ketones (excluding diaryl/α,β-unsaturated/α-hetero) is 2. The number of nitrogens with zero attached hydrogens (tertiary/aromatic N) is 5. The van der Waals surface area contributed by atoms with Gasteiger partial charge in [0, 0.05) is 56.7 Å². The first-order chi connectivity index (χ1) is 28.6. The minimum absolute atomic E-state index is 0.00168. The number of hydrogen-bond acceptors (Lipinski definition) is 13. The second-order valence-corrected chi connectivity index (χ2v) is 19.1. The van der Waals surface area contributed by atoms with Crippen LogP contribution in [-0.4, -0.2) is 139 Å². The number of rotatable bonds is 12. The lowest BCUT2D eigenvalue weighted by atomic mass is 9.73. The number of pyridine rings is 1. The highest BCUT2D eigenvalue weighted by Gasteiger charge is 2.62. The van der Waals surface area contributed by atoms with Crippen molar-refractivity contribution in [3.05, 3.63) is 24.7 Å². The quantitative estimate of drug-likeness (QED) is 0.157. The van der Waals surface area contributed by atoms with E-state index in [0.717, 1.165) is 31.8 Å². The number of esters is 1. The van der Waals surface area contributed by atoms with Crippen molar-refractivity contribution < 1.29 is 52.4 Å². The summed E-state index contributed by atoms with van der Waals surface area (Å²) in [6.07, 6.45) is 2.70. The Labute approximate surface area is 359 Å². The van der Waals surface area contributed by atoms with Crippen molar-refractivity contribution in [1.82, 2.24) is 24.3 Å². The molecule has 4 aliphatic rings. The Balaban J connectivity index is 1.32. The molecule has 15 nitrogen and oxygen atoms in total. The van der Waals surface area contributed by atoms with E-state index < -0.39 is 82.6 Å². The molecule has 1 saturated carbocycles. The lowest BCUT2D eigenvalue weighted by Gasteiger charge is -2.52. The Morgan fingerprint density at radius 2 is 1.70 bits per heavy atom. The smallest absolute Gasteiger partial charge is 0.410 e. The molecule has 340 valence electrons. The van der Waals surface area contributed by atoms with E-state index in [-0.39, 0.29) is 37.3 Å². The van der Waals surface area contributed by atoms with Gasteiger partial charge in [0.05, 0.1) is 35.7 Å². The third-order valence-corrected chi connectivity index (χ3v) is 14.1. The van der Waals surface area contributed by atoms with Gasteiger partial charge in [-0.2, -0.15) is 0 Å². The summed E-state index contributed by atoms with van der Waals surface area (Å²) in [4.78, 5) is 69.5. The third kappa shape index (κ3) is 9.12. The molecule has 1 N–H and O–H groups in total. The highest BCUT2D eigenvalue weighted by molar-refractivity contribution is 6.08. The van der Waals surface area contributed by atoms with Crippen LogP contribution in [0.15, 0.2) is 24.7 Å². The van der Waals surface area contributed by atoms with Crippen molar-refractivity contribution >= 4 is 34.8 Å². The first-order valence-electron chi connectivity index (χ1n) is 22.1. The standard InChI is InChI=1S/C45H68FN5O10/c1-12-33-44(8)35(51(41(56)61-44)21-14-13-20-50-25-48-39-31(50)16-15-19-47-39)28(4)34(52)26(2)23-42(6,57-11)38(29(5)36(53)43(7,46)40(55)58-33)60-45(9)37(54)32(22-27(3)59-45)49(10)24-30-17-18-30/h15-16,19,25-30,32-33,35,37-38,54H,12-14,17-18,20-24H2,1-11H3/t26-,27-,28+,29+,32+,33-,35-,37-,38-,42-,43+,44-,45+/m1/s1. The lowest BCUT2D eigenvalue weighted by Crippen LogP contribution is -2.65. The Morgan fingerprint density at radius 3 is 2.36 bits per heavy atom. The molecule has 2 aromatic heterocycles. The molecule has 1 aliphatic carbocycles. The number of imidazole rings is 1. The number of fused-ring (bicyclic) bond motifs is 2. The van der Waals surface area contributed by atoms with E-state index in [4.69, 9.17) is 23.7 Å². The average molecular weight is 858 g/mol. The maximum absolute atomic E-state index is 17.1. The van der Waals surface area contributed by atoms with Crippen LogP contribution >= 0.6 is 0 Å². The largest absolute Gasteiger partial charge is 0.455 e. The van der Waals surface area contributed by atoms with Crippen molar-refractivity contribution in [2.45, 2.75) is 173 Å². The van der Waals surface area contributed by atoms with Crippen LogP contribution in [0.3, 0.4) is 0 Å². The molecule has 3 aliphatic heterocycles. The molecule has 2 aromatic rings. The number of methoxy groups -OCH3 is 1. The van der Waals surface area contributed by atoms with Crippen LogP contribution in [0.4, 0.5) is 9.18 Å². The van der Waals surface area contributed by atoms with Crippen LogP contribution in [0, 0.1) is 23.7 Å². The normalized spacial score (nSPS) is 39.3. The van der Waals surface area contributed by atoms with E-state index in [9.17, 15) is 24.3 Å². The van der Waals surface area contributed by atoms with Gasteiger partial charge in [-0.1, -0.05) is 27.7 Å². The van der Waals surface area contributed by atoms with Gasteiger partial charge in [0.2, 0.25) is 0 Å². The van der Waals surface area contributed by atoms with Gasteiger partial charge < -0.3 is 43.2 Å². The van der Waals surface area contributed by atoms with E-state index >= 15 is 4.39 Å². The zero-order valence-corrected chi connectivity index (χ0v) is 37.9. The predicted molar refractivity (Wildman–Crippen MR) is 223 cm³/mol. The first-order valence-corrected chi connectivity index (χ1v) is 22.1. The number of unbranched alkanes of at least 4 members (excludes halogenated alkanes) is 1. The number of aromatic nitrogens is 3. The highest BCUT2D eigenvalue weighted by Crippen LogP contribution is 2.45. The van der Waals surface area contributed by atoms with Gasteiger partial charge >= 0.3 is 12.1 Å². The van der Waals surface area contributed by atoms with Gasteiger partial charge in [-0.3, -0.25) is 9.59 Å². The number of alkyl halides is 1. The topological polar surface area (TPSA) is 172 Å². The maximum atomic E-state index is 17.1. The number of ketones is 2. The number of halogens is 1. The van der Waals surface area contributed by atoms with Crippen LogP contribution in [0.5, 0.6) is 0 Å². The van der Waals surface area contributed by atoms with E-state index in [1.807, 2.05) is 30.7 Å². The fraction of sp³-hybridized carbons (Fsp3) is 0.778. The van der Waals surface area contributed by atoms with E-state index in [2.05, 4.69) is 14.9 Å². The van der Waals surface area contributed by atoms with Crippen LogP contribution in [0.2, 0.25) is 0 Å². The van der Waals surface area contributed by atoms with Crippen LogP contribution in [0.1, 0.15) is 107 Å². The Bertz CT molecular complexity index is 1930. The summed E-state index contributed by atoms with van der Waals surface area (Å²) in [7, 11) is 3.39. The number of ether oxygens (including phenoxy) is 5.